The van der Waals surface area contributed by atoms with Gasteiger partial charge in [-0.25, -0.2) is 0 Å². The summed E-state index contributed by atoms with van der Waals surface area (Å²) < 4.78 is 0. The molecule has 1 amide bonds. The maximum atomic E-state index is 12.8. The van der Waals surface area contributed by atoms with Crippen LogP contribution in [0.2, 0.25) is 0 Å². The molecule has 0 aromatic rings. The Morgan fingerprint density at radius 1 is 1.14 bits per heavy atom. The number of piperazine rings is 1. The molecule has 3 heteroatoms. The Morgan fingerprint density at radius 2 is 1.71 bits per heavy atom. The minimum atomic E-state index is 0.270. The van der Waals surface area contributed by atoms with Gasteiger partial charge in [0.15, 0.2) is 0 Å². The molecule has 0 radical (unpaired) electrons. The molecular formula is C18H32N2O. The van der Waals surface area contributed by atoms with E-state index in [1.165, 1.54) is 38.6 Å². The first-order valence-electron chi connectivity index (χ1n) is 8.90. The molecule has 1 aliphatic carbocycles. The van der Waals surface area contributed by atoms with Crippen LogP contribution in [0.1, 0.15) is 66.2 Å². The van der Waals surface area contributed by atoms with Gasteiger partial charge < -0.3 is 4.90 Å². The second-order valence-electron chi connectivity index (χ2n) is 8.63. The van der Waals surface area contributed by atoms with Crippen LogP contribution in [0.4, 0.5) is 0 Å². The first-order valence-corrected chi connectivity index (χ1v) is 8.90. The predicted molar refractivity (Wildman–Crippen MR) is 86.1 cm³/mol. The summed E-state index contributed by atoms with van der Waals surface area (Å²) >= 11 is 0. The Labute approximate surface area is 130 Å². The van der Waals surface area contributed by atoms with Crippen molar-refractivity contribution in [1.29, 1.82) is 0 Å². The van der Waals surface area contributed by atoms with E-state index in [4.69, 9.17) is 0 Å². The highest BCUT2D eigenvalue weighted by Gasteiger charge is 2.53. The molecule has 1 saturated carbocycles. The van der Waals surface area contributed by atoms with Gasteiger partial charge in [0.2, 0.25) is 5.91 Å². The third-order valence-corrected chi connectivity index (χ3v) is 6.40. The molecule has 3 nitrogen and oxygen atoms in total. The number of hydrogen-bond acceptors (Lipinski definition) is 2. The third-order valence-electron chi connectivity index (χ3n) is 6.40. The van der Waals surface area contributed by atoms with E-state index in [2.05, 4.69) is 37.5 Å². The molecule has 120 valence electrons. The molecule has 0 N–H and O–H groups in total. The van der Waals surface area contributed by atoms with Gasteiger partial charge in [0, 0.05) is 31.6 Å². The maximum absolute atomic E-state index is 12.8. The standard InChI is InChI=1S/C18H32N2O/c1-5-10-20-14-6-7-15(20)13-19(12-14)16(21)11-18(8-9-18)17(2,3)4/h14-15H,5-13H2,1-4H3. The van der Waals surface area contributed by atoms with Gasteiger partial charge in [-0.1, -0.05) is 27.7 Å². The smallest absolute Gasteiger partial charge is 0.223 e. The number of carbonyl (C=O) groups excluding carboxylic acids is 1. The van der Waals surface area contributed by atoms with E-state index in [1.54, 1.807) is 0 Å². The molecule has 3 rings (SSSR count). The highest BCUT2D eigenvalue weighted by Crippen LogP contribution is 2.61. The number of rotatable bonds is 4. The highest BCUT2D eigenvalue weighted by molar-refractivity contribution is 5.77. The Hall–Kier alpha value is -0.570. The van der Waals surface area contributed by atoms with Crippen molar-refractivity contribution in [1.82, 2.24) is 9.80 Å². The van der Waals surface area contributed by atoms with Crippen LogP contribution in [0.5, 0.6) is 0 Å². The molecule has 2 heterocycles. The van der Waals surface area contributed by atoms with Crippen LogP contribution in [0, 0.1) is 10.8 Å². The van der Waals surface area contributed by atoms with Crippen molar-refractivity contribution < 1.29 is 4.79 Å². The number of nitrogens with zero attached hydrogens (tertiary/aromatic N) is 2. The zero-order chi connectivity index (χ0) is 15.3. The van der Waals surface area contributed by atoms with Crippen LogP contribution in [-0.4, -0.2) is 47.4 Å². The van der Waals surface area contributed by atoms with Gasteiger partial charge in [-0.15, -0.1) is 0 Å². The molecule has 2 bridgehead atoms. The SMILES string of the molecule is CCCN1C2CCC1CN(C(=O)CC1(C(C)(C)C)CC1)C2. The Morgan fingerprint density at radius 3 is 2.14 bits per heavy atom. The fraction of sp³-hybridized carbons (Fsp3) is 0.944. The number of likely N-dealkylation sites (tertiary alicyclic amines) is 1. The van der Waals surface area contributed by atoms with Crippen molar-refractivity contribution in [3.63, 3.8) is 0 Å². The van der Waals surface area contributed by atoms with E-state index in [1.807, 2.05) is 0 Å². The van der Waals surface area contributed by atoms with Gasteiger partial charge in [-0.05, 0) is 49.5 Å². The zero-order valence-electron chi connectivity index (χ0n) is 14.3. The van der Waals surface area contributed by atoms with E-state index in [9.17, 15) is 4.79 Å². The van der Waals surface area contributed by atoms with Gasteiger partial charge >= 0.3 is 0 Å². The summed E-state index contributed by atoms with van der Waals surface area (Å²) in [6, 6.07) is 1.27. The van der Waals surface area contributed by atoms with Gasteiger partial charge in [0.25, 0.3) is 0 Å². The number of fused-ring (bicyclic) bond motifs is 2. The van der Waals surface area contributed by atoms with Crippen molar-refractivity contribution in [3.05, 3.63) is 0 Å². The molecular weight excluding hydrogens is 260 g/mol. The molecule has 0 aromatic heterocycles. The molecule has 0 spiro atoms. The lowest BCUT2D eigenvalue weighted by Crippen LogP contribution is -2.55. The summed E-state index contributed by atoms with van der Waals surface area (Å²) in [6.45, 7) is 12.3. The van der Waals surface area contributed by atoms with Gasteiger partial charge in [0.05, 0.1) is 0 Å². The average molecular weight is 292 g/mol. The van der Waals surface area contributed by atoms with E-state index in [0.29, 0.717) is 23.4 Å². The minimum Gasteiger partial charge on any atom is -0.340 e. The Kier molecular flexibility index (Phi) is 3.84. The summed E-state index contributed by atoms with van der Waals surface area (Å²) in [7, 11) is 0. The molecule has 3 aliphatic rings. The summed E-state index contributed by atoms with van der Waals surface area (Å²) in [5.74, 6) is 0.426. The molecule has 3 fully saturated rings. The van der Waals surface area contributed by atoms with Crippen molar-refractivity contribution in [2.75, 3.05) is 19.6 Å². The predicted octanol–water partition coefficient (Wildman–Crippen LogP) is 3.29. The van der Waals surface area contributed by atoms with Gasteiger partial charge in [0.1, 0.15) is 0 Å². The zero-order valence-corrected chi connectivity index (χ0v) is 14.3. The lowest BCUT2D eigenvalue weighted by atomic mass is 9.75. The quantitative estimate of drug-likeness (QED) is 0.794. The normalized spacial score (nSPS) is 31.5. The third kappa shape index (κ3) is 2.74. The second kappa shape index (κ2) is 5.26. The topological polar surface area (TPSA) is 23.6 Å². The lowest BCUT2D eigenvalue weighted by Gasteiger charge is -2.42. The fourth-order valence-electron chi connectivity index (χ4n) is 4.56. The van der Waals surface area contributed by atoms with Gasteiger partial charge in [-0.2, -0.15) is 0 Å². The summed E-state index contributed by atoms with van der Waals surface area (Å²) in [6.07, 6.45) is 7.07. The van der Waals surface area contributed by atoms with Crippen LogP contribution in [0.3, 0.4) is 0 Å². The summed E-state index contributed by atoms with van der Waals surface area (Å²) in [4.78, 5) is 17.7. The lowest BCUT2D eigenvalue weighted by molar-refractivity contribution is -0.137. The van der Waals surface area contributed by atoms with Crippen molar-refractivity contribution in [3.8, 4) is 0 Å². The van der Waals surface area contributed by atoms with E-state index < -0.39 is 0 Å². The molecule has 0 aromatic carbocycles. The van der Waals surface area contributed by atoms with Crippen molar-refractivity contribution in [2.45, 2.75) is 78.3 Å². The van der Waals surface area contributed by atoms with Crippen molar-refractivity contribution in [2.24, 2.45) is 10.8 Å². The molecule has 2 atom stereocenters. The fourth-order valence-corrected chi connectivity index (χ4v) is 4.56. The Bertz CT molecular complexity index is 394. The molecule has 2 aliphatic heterocycles. The number of carbonyl (C=O) groups is 1. The summed E-state index contributed by atoms with van der Waals surface area (Å²) in [5.41, 5.74) is 0.565. The molecule has 2 saturated heterocycles. The van der Waals surface area contributed by atoms with E-state index >= 15 is 0 Å². The number of amides is 1. The average Bonchev–Trinajstić information content (AvgIpc) is 3.14. The first-order chi connectivity index (χ1) is 9.86. The molecule has 21 heavy (non-hydrogen) atoms. The Balaban J connectivity index is 1.61. The van der Waals surface area contributed by atoms with E-state index in [-0.39, 0.29) is 5.41 Å². The summed E-state index contributed by atoms with van der Waals surface area (Å²) in [5, 5.41) is 0. The first kappa shape index (κ1) is 15.3. The van der Waals surface area contributed by atoms with Crippen LogP contribution in [0.25, 0.3) is 0 Å². The van der Waals surface area contributed by atoms with Gasteiger partial charge in [-0.3, -0.25) is 9.69 Å². The van der Waals surface area contributed by atoms with Crippen LogP contribution >= 0.6 is 0 Å². The molecule has 2 unspecified atom stereocenters. The van der Waals surface area contributed by atoms with Crippen LogP contribution < -0.4 is 0 Å². The van der Waals surface area contributed by atoms with Crippen LogP contribution in [0.15, 0.2) is 0 Å². The maximum Gasteiger partial charge on any atom is 0.223 e. The largest absolute Gasteiger partial charge is 0.340 e. The van der Waals surface area contributed by atoms with E-state index in [0.717, 1.165) is 19.5 Å². The number of hydrogen-bond donors (Lipinski definition) is 0. The highest BCUT2D eigenvalue weighted by atomic mass is 16.2. The minimum absolute atomic E-state index is 0.270. The van der Waals surface area contributed by atoms with Crippen LogP contribution in [-0.2, 0) is 4.79 Å². The monoisotopic (exact) mass is 292 g/mol. The van der Waals surface area contributed by atoms with Crippen molar-refractivity contribution >= 4 is 5.91 Å². The second-order valence-corrected chi connectivity index (χ2v) is 8.63.